The van der Waals surface area contributed by atoms with Gasteiger partial charge in [0.25, 0.3) is 0 Å². The number of carbonyl (C=O) groups is 1. The molecule has 0 aromatic heterocycles. The van der Waals surface area contributed by atoms with Crippen molar-refractivity contribution in [2.75, 3.05) is 39.8 Å². The molecule has 0 bridgehead atoms. The summed E-state index contributed by atoms with van der Waals surface area (Å²) in [7, 11) is 2.10. The van der Waals surface area contributed by atoms with Crippen LogP contribution in [0, 0.1) is 0 Å². The maximum Gasteiger partial charge on any atom is 0.410 e. The molecule has 4 nitrogen and oxygen atoms in total. The molecule has 0 aliphatic carbocycles. The second-order valence-electron chi connectivity index (χ2n) is 3.93. The molecule has 0 aromatic carbocycles. The molecule has 0 N–H and O–H groups in total. The van der Waals surface area contributed by atoms with Gasteiger partial charge in [-0.25, -0.2) is 4.79 Å². The largest absolute Gasteiger partial charge is 0.450 e. The predicted molar refractivity (Wildman–Crippen MR) is 53.1 cm³/mol. The first kappa shape index (κ1) is 9.52. The molecule has 78 valence electrons. The zero-order chi connectivity index (χ0) is 10.1. The van der Waals surface area contributed by atoms with E-state index in [0.29, 0.717) is 6.61 Å². The Labute approximate surface area is 84.1 Å². The molecule has 0 radical (unpaired) electrons. The van der Waals surface area contributed by atoms with Gasteiger partial charge in [-0.15, -0.1) is 0 Å². The summed E-state index contributed by atoms with van der Waals surface area (Å²) in [5.41, 5.74) is 2.81. The van der Waals surface area contributed by atoms with Gasteiger partial charge in [-0.05, 0) is 25.1 Å². The first-order valence-electron chi connectivity index (χ1n) is 5.00. The van der Waals surface area contributed by atoms with E-state index in [-0.39, 0.29) is 6.09 Å². The number of hydrogen-bond acceptors (Lipinski definition) is 3. The summed E-state index contributed by atoms with van der Waals surface area (Å²) in [4.78, 5) is 15.5. The second-order valence-corrected chi connectivity index (χ2v) is 3.93. The quantitative estimate of drug-likeness (QED) is 0.579. The van der Waals surface area contributed by atoms with E-state index < -0.39 is 0 Å². The molecule has 4 heteroatoms. The molecule has 0 fully saturated rings. The number of hydrogen-bond donors (Lipinski definition) is 0. The van der Waals surface area contributed by atoms with E-state index in [1.165, 1.54) is 11.1 Å². The number of rotatable bonds is 1. The summed E-state index contributed by atoms with van der Waals surface area (Å²) in [5.74, 6) is 0. The van der Waals surface area contributed by atoms with E-state index in [4.69, 9.17) is 4.74 Å². The summed E-state index contributed by atoms with van der Waals surface area (Å²) in [5, 5.41) is 0. The lowest BCUT2D eigenvalue weighted by Crippen LogP contribution is -2.33. The third kappa shape index (κ3) is 1.62. The smallest absolute Gasteiger partial charge is 0.410 e. The van der Waals surface area contributed by atoms with Crippen LogP contribution in [-0.4, -0.2) is 55.7 Å². The summed E-state index contributed by atoms with van der Waals surface area (Å²) >= 11 is 0. The molecule has 14 heavy (non-hydrogen) atoms. The van der Waals surface area contributed by atoms with Crippen LogP contribution in [0.1, 0.15) is 6.92 Å². The molecule has 0 saturated carbocycles. The normalized spacial score (nSPS) is 21.7. The first-order chi connectivity index (χ1) is 6.70. The SMILES string of the molecule is CCOC(=O)N1CC2=C(CN(C)C2)C1. The average Bonchev–Trinajstić information content (AvgIpc) is 2.61. The Morgan fingerprint density at radius 2 is 1.86 bits per heavy atom. The van der Waals surface area contributed by atoms with Crippen LogP contribution in [0.4, 0.5) is 4.79 Å². The highest BCUT2D eigenvalue weighted by atomic mass is 16.6. The van der Waals surface area contributed by atoms with E-state index >= 15 is 0 Å². The number of likely N-dealkylation sites (N-methyl/N-ethyl adjacent to an activating group) is 1. The predicted octanol–water partition coefficient (Wildman–Crippen LogP) is 0.701. The molecule has 2 aliphatic heterocycles. The molecule has 0 atom stereocenters. The third-order valence-corrected chi connectivity index (χ3v) is 2.71. The molecule has 0 aromatic rings. The van der Waals surface area contributed by atoms with Gasteiger partial charge in [0.05, 0.1) is 6.61 Å². The Morgan fingerprint density at radius 3 is 2.36 bits per heavy atom. The summed E-state index contributed by atoms with van der Waals surface area (Å²) in [6, 6.07) is 0. The zero-order valence-corrected chi connectivity index (χ0v) is 8.75. The van der Waals surface area contributed by atoms with Gasteiger partial charge in [0.1, 0.15) is 0 Å². The van der Waals surface area contributed by atoms with Crippen LogP contribution >= 0.6 is 0 Å². The van der Waals surface area contributed by atoms with Gasteiger partial charge in [0, 0.05) is 26.2 Å². The highest BCUT2D eigenvalue weighted by Gasteiger charge is 2.31. The van der Waals surface area contributed by atoms with Crippen molar-refractivity contribution >= 4 is 6.09 Å². The van der Waals surface area contributed by atoms with Crippen LogP contribution in [-0.2, 0) is 4.74 Å². The van der Waals surface area contributed by atoms with Gasteiger partial charge in [-0.2, -0.15) is 0 Å². The average molecular weight is 196 g/mol. The van der Waals surface area contributed by atoms with Crippen LogP contribution in [0.25, 0.3) is 0 Å². The number of carbonyl (C=O) groups excluding carboxylic acids is 1. The molecule has 2 rings (SSSR count). The van der Waals surface area contributed by atoms with Crippen LogP contribution in [0.15, 0.2) is 11.1 Å². The molecule has 0 unspecified atom stereocenters. The molecule has 2 heterocycles. The van der Waals surface area contributed by atoms with Gasteiger partial charge >= 0.3 is 6.09 Å². The van der Waals surface area contributed by atoms with Gasteiger partial charge < -0.3 is 9.64 Å². The topological polar surface area (TPSA) is 32.8 Å². The lowest BCUT2D eigenvalue weighted by atomic mass is 10.2. The van der Waals surface area contributed by atoms with Crippen molar-refractivity contribution in [3.8, 4) is 0 Å². The fraction of sp³-hybridized carbons (Fsp3) is 0.700. The van der Waals surface area contributed by atoms with Crippen molar-refractivity contribution in [3.63, 3.8) is 0 Å². The first-order valence-corrected chi connectivity index (χ1v) is 5.00. The Kier molecular flexibility index (Phi) is 2.46. The highest BCUT2D eigenvalue weighted by Crippen LogP contribution is 2.24. The van der Waals surface area contributed by atoms with Crippen LogP contribution in [0.3, 0.4) is 0 Å². The molecule has 2 aliphatic rings. The second kappa shape index (κ2) is 3.61. The van der Waals surface area contributed by atoms with E-state index in [1.54, 1.807) is 4.90 Å². The van der Waals surface area contributed by atoms with Crippen LogP contribution in [0.2, 0.25) is 0 Å². The minimum absolute atomic E-state index is 0.176. The van der Waals surface area contributed by atoms with Gasteiger partial charge in [-0.1, -0.05) is 0 Å². The third-order valence-electron chi connectivity index (χ3n) is 2.71. The molecular formula is C10H16N2O2. The van der Waals surface area contributed by atoms with Crippen molar-refractivity contribution < 1.29 is 9.53 Å². The zero-order valence-electron chi connectivity index (χ0n) is 8.75. The van der Waals surface area contributed by atoms with E-state index in [1.807, 2.05) is 6.92 Å². The van der Waals surface area contributed by atoms with Gasteiger partial charge in [-0.3, -0.25) is 4.90 Å². The van der Waals surface area contributed by atoms with Gasteiger partial charge in [0.2, 0.25) is 0 Å². The highest BCUT2D eigenvalue weighted by molar-refractivity contribution is 5.69. The Bertz CT molecular complexity index is 268. The molecule has 0 saturated heterocycles. The van der Waals surface area contributed by atoms with Crippen LogP contribution < -0.4 is 0 Å². The molecule has 1 amide bonds. The van der Waals surface area contributed by atoms with E-state index in [2.05, 4.69) is 11.9 Å². The fourth-order valence-corrected chi connectivity index (χ4v) is 2.12. The lowest BCUT2D eigenvalue weighted by Gasteiger charge is -2.19. The Balaban J connectivity index is 1.91. The summed E-state index contributed by atoms with van der Waals surface area (Å²) in [6.07, 6.45) is -0.176. The Morgan fingerprint density at radius 1 is 1.29 bits per heavy atom. The van der Waals surface area contributed by atoms with Gasteiger partial charge in [0.15, 0.2) is 0 Å². The summed E-state index contributed by atoms with van der Waals surface area (Å²) in [6.45, 7) is 5.83. The van der Waals surface area contributed by atoms with Crippen LogP contribution in [0.5, 0.6) is 0 Å². The van der Waals surface area contributed by atoms with Crippen molar-refractivity contribution in [3.05, 3.63) is 11.1 Å². The molecule has 0 spiro atoms. The number of nitrogens with zero attached hydrogens (tertiary/aromatic N) is 2. The number of amides is 1. The molecular weight excluding hydrogens is 180 g/mol. The van der Waals surface area contributed by atoms with Crippen molar-refractivity contribution in [2.24, 2.45) is 0 Å². The summed E-state index contributed by atoms with van der Waals surface area (Å²) < 4.78 is 4.96. The van der Waals surface area contributed by atoms with Crippen molar-refractivity contribution in [1.82, 2.24) is 9.80 Å². The monoisotopic (exact) mass is 196 g/mol. The Hall–Kier alpha value is -1.03. The maximum atomic E-state index is 11.4. The van der Waals surface area contributed by atoms with Crippen molar-refractivity contribution in [2.45, 2.75) is 6.92 Å². The fourth-order valence-electron chi connectivity index (χ4n) is 2.12. The van der Waals surface area contributed by atoms with E-state index in [0.717, 1.165) is 26.2 Å². The minimum Gasteiger partial charge on any atom is -0.450 e. The lowest BCUT2D eigenvalue weighted by molar-refractivity contribution is 0.115. The maximum absolute atomic E-state index is 11.4. The van der Waals surface area contributed by atoms with Crippen molar-refractivity contribution in [1.29, 1.82) is 0 Å². The van der Waals surface area contributed by atoms with E-state index in [9.17, 15) is 4.79 Å². The minimum atomic E-state index is -0.176. The standard InChI is InChI=1S/C10H16N2O2/c1-3-14-10(13)12-6-8-4-11(2)5-9(8)7-12/h3-7H2,1-2H3. The number of ether oxygens (including phenoxy) is 1.